The Kier molecular flexibility index (Phi) is 1.36. The fourth-order valence-corrected chi connectivity index (χ4v) is 1.04. The van der Waals surface area contributed by atoms with Crippen LogP contribution in [0.5, 0.6) is 0 Å². The minimum absolute atomic E-state index is 0.256. The lowest BCUT2D eigenvalue weighted by atomic mass is 10.4. The van der Waals surface area contributed by atoms with Gasteiger partial charge >= 0.3 is 0 Å². The van der Waals surface area contributed by atoms with E-state index in [0.29, 0.717) is 5.69 Å². The molecule has 0 N–H and O–H groups in total. The van der Waals surface area contributed by atoms with Crippen LogP contribution in [0.25, 0.3) is 5.52 Å². The first-order valence-electron chi connectivity index (χ1n) is 3.41. The van der Waals surface area contributed by atoms with Crippen molar-refractivity contribution in [1.82, 2.24) is 9.61 Å². The molecule has 0 aliphatic carbocycles. The summed E-state index contributed by atoms with van der Waals surface area (Å²) in [5.41, 5.74) is 1.59. The molecule has 1 radical (unpaired) electrons. The highest BCUT2D eigenvalue weighted by Crippen LogP contribution is 2.03. The highest BCUT2D eigenvalue weighted by atomic mass is 16.3. The van der Waals surface area contributed by atoms with Crippen LogP contribution in [0.3, 0.4) is 0 Å². The maximum absolute atomic E-state index is 10.4. The first-order chi connectivity index (χ1) is 5.40. The second-order valence-electron chi connectivity index (χ2n) is 2.35. The van der Waals surface area contributed by atoms with Gasteiger partial charge in [0.25, 0.3) is 0 Å². The van der Waals surface area contributed by atoms with Crippen molar-refractivity contribution in [3.8, 4) is 0 Å². The monoisotopic (exact) mass is 147 g/mol. The molecular formula is C8H7N2O. The van der Waals surface area contributed by atoms with Crippen LogP contribution in [-0.2, 0) is 11.7 Å². The molecule has 3 nitrogen and oxygen atoms in total. The minimum atomic E-state index is -0.256. The Labute approximate surface area is 63.9 Å². The van der Waals surface area contributed by atoms with Crippen LogP contribution in [0.15, 0.2) is 30.5 Å². The van der Waals surface area contributed by atoms with E-state index in [0.717, 1.165) is 5.52 Å². The quantitative estimate of drug-likeness (QED) is 0.598. The van der Waals surface area contributed by atoms with Crippen molar-refractivity contribution in [3.05, 3.63) is 36.2 Å². The molecule has 2 rings (SSSR count). The summed E-state index contributed by atoms with van der Waals surface area (Å²) in [5, 5.41) is 14.5. The summed E-state index contributed by atoms with van der Waals surface area (Å²) < 4.78 is 1.70. The first-order valence-corrected chi connectivity index (χ1v) is 3.41. The van der Waals surface area contributed by atoms with Crippen LogP contribution in [-0.4, -0.2) is 9.61 Å². The number of rotatable bonds is 1. The smallest absolute Gasteiger partial charge is 0.126 e. The summed E-state index contributed by atoms with van der Waals surface area (Å²) in [6.45, 7) is -0.256. The van der Waals surface area contributed by atoms with Crippen molar-refractivity contribution in [3.63, 3.8) is 0 Å². The molecule has 2 heterocycles. The summed E-state index contributed by atoms with van der Waals surface area (Å²) in [6.07, 6.45) is 1.83. The predicted octanol–water partition coefficient (Wildman–Crippen LogP) is 1.26. The molecule has 0 spiro atoms. The normalized spacial score (nSPS) is 10.6. The van der Waals surface area contributed by atoms with Gasteiger partial charge in [0, 0.05) is 6.20 Å². The van der Waals surface area contributed by atoms with Crippen LogP contribution >= 0.6 is 0 Å². The zero-order chi connectivity index (χ0) is 7.68. The summed E-state index contributed by atoms with van der Waals surface area (Å²) in [7, 11) is 0. The standard InChI is InChI=1S/C8H7N2O/c11-6-7-3-4-8-2-1-5-10(8)9-7/h1-5H,6H2. The summed E-state index contributed by atoms with van der Waals surface area (Å²) in [4.78, 5) is 0. The number of hydrogen-bond donors (Lipinski definition) is 0. The molecule has 0 aliphatic heterocycles. The molecule has 3 heteroatoms. The molecule has 2 aromatic rings. The van der Waals surface area contributed by atoms with Crippen LogP contribution in [0, 0.1) is 0 Å². The molecule has 11 heavy (non-hydrogen) atoms. The second kappa shape index (κ2) is 2.36. The van der Waals surface area contributed by atoms with Crippen LogP contribution in [0.2, 0.25) is 0 Å². The lowest BCUT2D eigenvalue weighted by Crippen LogP contribution is -1.94. The van der Waals surface area contributed by atoms with Gasteiger partial charge in [-0.1, -0.05) is 0 Å². The highest BCUT2D eigenvalue weighted by Gasteiger charge is 1.94. The van der Waals surface area contributed by atoms with Gasteiger partial charge in [-0.25, -0.2) is 9.62 Å². The van der Waals surface area contributed by atoms with Gasteiger partial charge in [0.2, 0.25) is 0 Å². The maximum atomic E-state index is 10.4. The molecule has 0 atom stereocenters. The molecule has 0 fully saturated rings. The van der Waals surface area contributed by atoms with Crippen LogP contribution < -0.4 is 0 Å². The number of fused-ring (bicyclic) bond motifs is 1. The number of hydrogen-bond acceptors (Lipinski definition) is 1. The fourth-order valence-electron chi connectivity index (χ4n) is 1.04. The highest BCUT2D eigenvalue weighted by molar-refractivity contribution is 5.45. The summed E-state index contributed by atoms with van der Waals surface area (Å²) >= 11 is 0. The van der Waals surface area contributed by atoms with E-state index < -0.39 is 0 Å². The topological polar surface area (TPSA) is 37.2 Å². The van der Waals surface area contributed by atoms with E-state index in [1.807, 2.05) is 24.4 Å². The third-order valence-corrected chi connectivity index (χ3v) is 1.59. The van der Waals surface area contributed by atoms with Crippen molar-refractivity contribution >= 4 is 5.52 Å². The van der Waals surface area contributed by atoms with E-state index >= 15 is 0 Å². The molecule has 0 saturated heterocycles. The van der Waals surface area contributed by atoms with E-state index in [1.165, 1.54) is 0 Å². The van der Waals surface area contributed by atoms with Crippen molar-refractivity contribution in [2.75, 3.05) is 0 Å². The average Bonchev–Trinajstić information content (AvgIpc) is 2.50. The Hall–Kier alpha value is -1.35. The Morgan fingerprint density at radius 3 is 3.09 bits per heavy atom. The molecule has 0 saturated carbocycles. The average molecular weight is 147 g/mol. The van der Waals surface area contributed by atoms with Crippen molar-refractivity contribution < 1.29 is 5.11 Å². The van der Waals surface area contributed by atoms with Crippen molar-refractivity contribution in [2.45, 2.75) is 6.61 Å². The Bertz CT molecular complexity index is 367. The van der Waals surface area contributed by atoms with Gasteiger partial charge in [-0.05, 0) is 24.3 Å². The predicted molar refractivity (Wildman–Crippen MR) is 39.6 cm³/mol. The van der Waals surface area contributed by atoms with Gasteiger partial charge in [-0.3, -0.25) is 0 Å². The molecular weight excluding hydrogens is 140 g/mol. The summed E-state index contributed by atoms with van der Waals surface area (Å²) in [6, 6.07) is 7.49. The minimum Gasteiger partial charge on any atom is -0.241 e. The van der Waals surface area contributed by atoms with Crippen LogP contribution in [0.4, 0.5) is 0 Å². The van der Waals surface area contributed by atoms with E-state index in [9.17, 15) is 5.11 Å². The lowest BCUT2D eigenvalue weighted by Gasteiger charge is -1.95. The third-order valence-electron chi connectivity index (χ3n) is 1.59. The maximum Gasteiger partial charge on any atom is 0.126 e. The van der Waals surface area contributed by atoms with Gasteiger partial charge in [0.15, 0.2) is 0 Å². The van der Waals surface area contributed by atoms with E-state index in [-0.39, 0.29) is 6.61 Å². The van der Waals surface area contributed by atoms with E-state index in [1.54, 1.807) is 10.6 Å². The Morgan fingerprint density at radius 2 is 2.27 bits per heavy atom. The molecule has 0 aliphatic rings. The molecule has 0 unspecified atom stereocenters. The Balaban J connectivity index is 2.67. The first kappa shape index (κ1) is 6.37. The molecule has 2 aromatic heterocycles. The largest absolute Gasteiger partial charge is 0.241 e. The Morgan fingerprint density at radius 1 is 1.36 bits per heavy atom. The second-order valence-corrected chi connectivity index (χ2v) is 2.35. The fraction of sp³-hybridized carbons (Fsp3) is 0.125. The molecule has 0 amide bonds. The molecule has 55 valence electrons. The molecule has 0 aromatic carbocycles. The SMILES string of the molecule is [O]Cc1ccc2cccn2n1. The van der Waals surface area contributed by atoms with Crippen molar-refractivity contribution in [1.29, 1.82) is 0 Å². The number of aromatic nitrogens is 2. The van der Waals surface area contributed by atoms with Gasteiger partial charge in [-0.2, -0.15) is 5.10 Å². The lowest BCUT2D eigenvalue weighted by molar-refractivity contribution is 0.172. The van der Waals surface area contributed by atoms with Crippen molar-refractivity contribution in [2.24, 2.45) is 0 Å². The van der Waals surface area contributed by atoms with Gasteiger partial charge < -0.3 is 0 Å². The van der Waals surface area contributed by atoms with E-state index in [2.05, 4.69) is 5.10 Å². The van der Waals surface area contributed by atoms with Gasteiger partial charge in [0.1, 0.15) is 6.61 Å². The van der Waals surface area contributed by atoms with Gasteiger partial charge in [0.05, 0.1) is 11.2 Å². The molecule has 0 bridgehead atoms. The van der Waals surface area contributed by atoms with E-state index in [4.69, 9.17) is 0 Å². The zero-order valence-corrected chi connectivity index (χ0v) is 5.90. The third kappa shape index (κ3) is 0.991. The van der Waals surface area contributed by atoms with Gasteiger partial charge in [-0.15, -0.1) is 0 Å². The van der Waals surface area contributed by atoms with Crippen LogP contribution in [0.1, 0.15) is 5.69 Å². The summed E-state index contributed by atoms with van der Waals surface area (Å²) in [5.74, 6) is 0. The zero-order valence-electron chi connectivity index (χ0n) is 5.90. The number of nitrogens with zero attached hydrogens (tertiary/aromatic N) is 2.